The summed E-state index contributed by atoms with van der Waals surface area (Å²) in [6, 6.07) is 16.3. The van der Waals surface area contributed by atoms with Gasteiger partial charge in [-0.3, -0.25) is 14.4 Å². The third-order valence-electron chi connectivity index (χ3n) is 9.16. The zero-order valence-electron chi connectivity index (χ0n) is 27.9. The highest BCUT2D eigenvalue weighted by molar-refractivity contribution is 7.99. The first-order valence-electron chi connectivity index (χ1n) is 16.9. The minimum absolute atomic E-state index is 0.0401. The number of nitrogens with zero attached hydrogens (tertiary/aromatic N) is 2. The number of nitrogens with two attached hydrogens (primary N) is 2. The number of unbranched alkanes of at least 4 members (excludes halogenated alkanes) is 1. The molecule has 7 N–H and O–H groups in total. The van der Waals surface area contributed by atoms with E-state index in [1.54, 1.807) is 13.2 Å². The summed E-state index contributed by atoms with van der Waals surface area (Å²) in [5.74, 6) is -1.19. The van der Waals surface area contributed by atoms with E-state index in [0.29, 0.717) is 55.4 Å². The van der Waals surface area contributed by atoms with Crippen molar-refractivity contribution >= 4 is 51.9 Å². The van der Waals surface area contributed by atoms with Gasteiger partial charge in [-0.1, -0.05) is 66.2 Å². The summed E-state index contributed by atoms with van der Waals surface area (Å²) in [4.78, 5) is 53.0. The Balaban J connectivity index is 1.55. The van der Waals surface area contributed by atoms with E-state index < -0.39 is 18.0 Å². The summed E-state index contributed by atoms with van der Waals surface area (Å²) in [6.07, 6.45) is 6.97. The fourth-order valence-corrected chi connectivity index (χ4v) is 7.54. The zero-order valence-corrected chi connectivity index (χ0v) is 29.5. The Morgan fingerprint density at radius 3 is 2.55 bits per heavy atom. The second kappa shape index (κ2) is 17.8. The number of ketones is 1. The van der Waals surface area contributed by atoms with Gasteiger partial charge in [-0.05, 0) is 68.1 Å². The van der Waals surface area contributed by atoms with Crippen molar-refractivity contribution < 1.29 is 14.4 Å². The highest BCUT2D eigenvalue weighted by atomic mass is 35.5. The molecule has 2 aromatic heterocycles. The highest BCUT2D eigenvalue weighted by Gasteiger charge is 2.34. The average molecular weight is 704 g/mol. The maximum atomic E-state index is 14.4. The molecule has 3 atom stereocenters. The van der Waals surface area contributed by atoms with Gasteiger partial charge < -0.3 is 32.0 Å². The van der Waals surface area contributed by atoms with Gasteiger partial charge in [-0.25, -0.2) is 4.98 Å². The molecule has 0 fully saturated rings. The van der Waals surface area contributed by atoms with Crippen LogP contribution in [0.1, 0.15) is 55.2 Å². The standard InChI is InChI=1S/C37H46ClN7O3S/c1-45-32(18-26-21-41-30-12-4-3-11-29(26)30)35(47)43-22-27-17-28(38)23-44-36(27)49-34-14-5-2-10-25(34)20-42-31(13-8-16-40)33(46)19-24(37(45)48)9-6-7-15-39/h2-5,10-12,14,17,21,23-24,31-32,41-42H,6-9,13,15-16,18-20,22,39-40H2,1H3,(H,43,47)/t24-,31+,32+/m1/s1. The number of nitrogens with one attached hydrogen (secondary N) is 3. The molecule has 12 heteroatoms. The molecular weight excluding hydrogens is 658 g/mol. The number of hydrogen-bond acceptors (Lipinski definition) is 8. The van der Waals surface area contributed by atoms with Crippen LogP contribution in [-0.2, 0) is 33.9 Å². The predicted molar refractivity (Wildman–Crippen MR) is 195 cm³/mol. The molecule has 0 bridgehead atoms. The molecule has 4 aromatic rings. The van der Waals surface area contributed by atoms with Crippen molar-refractivity contribution in [3.63, 3.8) is 0 Å². The number of fused-ring (bicyclic) bond motifs is 3. The van der Waals surface area contributed by atoms with Gasteiger partial charge in [0.1, 0.15) is 11.1 Å². The van der Waals surface area contributed by atoms with E-state index in [1.807, 2.05) is 60.8 Å². The van der Waals surface area contributed by atoms with E-state index in [2.05, 4.69) is 20.6 Å². The number of H-pyrrole nitrogens is 1. The third-order valence-corrected chi connectivity index (χ3v) is 10.5. The van der Waals surface area contributed by atoms with E-state index in [4.69, 9.17) is 23.1 Å². The number of carbonyl (C=O) groups is 3. The van der Waals surface area contributed by atoms with Gasteiger partial charge in [-0.15, -0.1) is 0 Å². The second-order valence-corrected chi connectivity index (χ2v) is 14.1. The average Bonchev–Trinajstić information content (AvgIpc) is 3.52. The summed E-state index contributed by atoms with van der Waals surface area (Å²) < 4.78 is 0. The molecule has 2 aromatic carbocycles. The maximum absolute atomic E-state index is 14.4. The quantitative estimate of drug-likeness (QED) is 0.153. The first-order chi connectivity index (χ1) is 23.8. The van der Waals surface area contributed by atoms with E-state index in [1.165, 1.54) is 16.7 Å². The molecule has 0 saturated carbocycles. The van der Waals surface area contributed by atoms with Gasteiger partial charge >= 0.3 is 0 Å². The SMILES string of the molecule is CN1C(=O)[C@H](CCCCN)CC(=O)[C@H](CCCN)NCc2ccccc2Sc2ncc(Cl)cc2CNC(=O)[C@@H]1Cc1c[nH]c2ccccc12. The molecule has 1 aliphatic heterocycles. The van der Waals surface area contributed by atoms with Gasteiger partial charge in [-0.2, -0.15) is 0 Å². The van der Waals surface area contributed by atoms with Crippen LogP contribution in [0.2, 0.25) is 5.02 Å². The molecule has 0 saturated heterocycles. The lowest BCUT2D eigenvalue weighted by molar-refractivity contribution is -0.143. The Bertz CT molecular complexity index is 1750. The molecule has 0 unspecified atom stereocenters. The highest BCUT2D eigenvalue weighted by Crippen LogP contribution is 2.33. The number of para-hydroxylation sites is 1. The van der Waals surface area contributed by atoms with Crippen LogP contribution in [0.5, 0.6) is 0 Å². The molecule has 10 nitrogen and oxygen atoms in total. The Kier molecular flexibility index (Phi) is 13.3. The fourth-order valence-electron chi connectivity index (χ4n) is 6.36. The number of likely N-dealkylation sites (N-methyl/N-ethyl adjacent to an activating group) is 1. The Morgan fingerprint density at radius 1 is 0.959 bits per heavy atom. The van der Waals surface area contributed by atoms with Gasteiger partial charge in [0, 0.05) is 72.7 Å². The minimum Gasteiger partial charge on any atom is -0.361 e. The molecule has 1 aliphatic rings. The fraction of sp³-hybridized carbons (Fsp3) is 0.405. The topological polar surface area (TPSA) is 159 Å². The zero-order chi connectivity index (χ0) is 34.8. The number of amides is 2. The molecular formula is C37H46ClN7O3S. The lowest BCUT2D eigenvalue weighted by atomic mass is 9.90. The molecule has 0 aliphatic carbocycles. The van der Waals surface area contributed by atoms with Crippen LogP contribution in [0.3, 0.4) is 0 Å². The summed E-state index contributed by atoms with van der Waals surface area (Å²) in [5, 5.41) is 8.72. The van der Waals surface area contributed by atoms with Gasteiger partial charge in [0.05, 0.1) is 11.1 Å². The van der Waals surface area contributed by atoms with E-state index in [0.717, 1.165) is 38.9 Å². The van der Waals surface area contributed by atoms with Crippen LogP contribution in [0, 0.1) is 5.92 Å². The number of carbonyl (C=O) groups excluding carboxylic acids is 3. The number of rotatable bonds is 9. The molecule has 0 spiro atoms. The van der Waals surface area contributed by atoms with Crippen LogP contribution < -0.4 is 22.1 Å². The number of benzene rings is 2. The first-order valence-corrected chi connectivity index (χ1v) is 18.1. The molecule has 5 rings (SSSR count). The van der Waals surface area contributed by atoms with E-state index in [9.17, 15) is 14.4 Å². The van der Waals surface area contributed by atoms with E-state index >= 15 is 0 Å². The predicted octanol–water partition coefficient (Wildman–Crippen LogP) is 4.97. The van der Waals surface area contributed by atoms with Crippen molar-refractivity contribution in [1.29, 1.82) is 0 Å². The maximum Gasteiger partial charge on any atom is 0.243 e. The van der Waals surface area contributed by atoms with Crippen LogP contribution in [0.15, 0.2) is 76.9 Å². The van der Waals surface area contributed by atoms with E-state index in [-0.39, 0.29) is 37.0 Å². The van der Waals surface area contributed by atoms with Gasteiger partial charge in [0.25, 0.3) is 0 Å². The Hall–Kier alpha value is -3.74. The van der Waals surface area contributed by atoms with Crippen molar-refractivity contribution in [2.75, 3.05) is 20.1 Å². The molecule has 49 heavy (non-hydrogen) atoms. The van der Waals surface area contributed by atoms with Crippen molar-refractivity contribution in [3.05, 3.63) is 88.7 Å². The summed E-state index contributed by atoms with van der Waals surface area (Å²) in [5.41, 5.74) is 15.3. The smallest absolute Gasteiger partial charge is 0.243 e. The molecule has 260 valence electrons. The van der Waals surface area contributed by atoms with Gasteiger partial charge in [0.2, 0.25) is 11.8 Å². The Morgan fingerprint density at radius 2 is 1.73 bits per heavy atom. The second-order valence-electron chi connectivity index (χ2n) is 12.6. The number of hydrogen-bond donors (Lipinski definition) is 5. The van der Waals surface area contributed by atoms with Gasteiger partial charge in [0.15, 0.2) is 5.78 Å². The van der Waals surface area contributed by atoms with Crippen molar-refractivity contribution in [3.8, 4) is 0 Å². The normalized spacial score (nSPS) is 19.7. The van der Waals surface area contributed by atoms with Crippen LogP contribution >= 0.6 is 23.4 Å². The number of aromatic nitrogens is 2. The van der Waals surface area contributed by atoms with Crippen molar-refractivity contribution in [2.45, 2.75) is 80.0 Å². The van der Waals surface area contributed by atoms with Crippen molar-refractivity contribution in [2.24, 2.45) is 17.4 Å². The summed E-state index contributed by atoms with van der Waals surface area (Å²) >= 11 is 7.89. The van der Waals surface area contributed by atoms with Crippen LogP contribution in [0.25, 0.3) is 10.9 Å². The first kappa shape index (κ1) is 36.5. The lowest BCUT2D eigenvalue weighted by Crippen LogP contribution is -2.51. The van der Waals surface area contributed by atoms with Crippen LogP contribution in [0.4, 0.5) is 0 Å². The lowest BCUT2D eigenvalue weighted by Gasteiger charge is -2.31. The molecule has 3 heterocycles. The molecule has 2 amide bonds. The monoisotopic (exact) mass is 703 g/mol. The van der Waals surface area contributed by atoms with Crippen LogP contribution in [-0.4, -0.2) is 64.7 Å². The summed E-state index contributed by atoms with van der Waals surface area (Å²) in [6.45, 7) is 1.56. The van der Waals surface area contributed by atoms with Crippen molar-refractivity contribution in [1.82, 2.24) is 25.5 Å². The number of aromatic amines is 1. The molecule has 0 radical (unpaired) electrons. The Labute approximate surface area is 297 Å². The third kappa shape index (κ3) is 9.49. The largest absolute Gasteiger partial charge is 0.361 e. The number of halogens is 1. The summed E-state index contributed by atoms with van der Waals surface area (Å²) in [7, 11) is 1.67. The number of pyridine rings is 1. The number of Topliss-reactive ketones (excluding diaryl/α,β-unsaturated/α-hetero) is 1. The minimum atomic E-state index is -0.843.